The van der Waals surface area contributed by atoms with Crippen LogP contribution in [0.5, 0.6) is 5.75 Å². The molecule has 0 bridgehead atoms. The highest BCUT2D eigenvalue weighted by Crippen LogP contribution is 2.37. The molecule has 0 saturated heterocycles. The fraction of sp³-hybridized carbons (Fsp3) is 0.167. The fourth-order valence-electron chi connectivity index (χ4n) is 2.83. The van der Waals surface area contributed by atoms with Crippen molar-refractivity contribution in [2.45, 2.75) is 13.5 Å². The number of aromatic nitrogens is 1. The number of rotatable bonds is 3. The third kappa shape index (κ3) is 2.13. The van der Waals surface area contributed by atoms with Gasteiger partial charge < -0.3 is 9.30 Å². The van der Waals surface area contributed by atoms with Crippen molar-refractivity contribution in [1.82, 2.24) is 4.57 Å². The normalized spacial score (nSPS) is 10.6. The van der Waals surface area contributed by atoms with E-state index >= 15 is 0 Å². The van der Waals surface area contributed by atoms with Crippen LogP contribution in [-0.2, 0) is 6.54 Å². The zero-order chi connectivity index (χ0) is 15.7. The third-order valence-corrected chi connectivity index (χ3v) is 4.16. The monoisotopic (exact) mass is 310 g/mol. The molecule has 0 aliphatic rings. The smallest absolute Gasteiger partial charge is 0.120 e. The lowest BCUT2D eigenvalue weighted by Gasteiger charge is -2.10. The Labute approximate surface area is 134 Å². The molecule has 3 aromatic rings. The highest BCUT2D eigenvalue weighted by atomic mass is 35.5. The molecule has 2 aromatic carbocycles. The summed E-state index contributed by atoms with van der Waals surface area (Å²) in [5, 5.41) is 11.2. The van der Waals surface area contributed by atoms with Crippen molar-refractivity contribution in [2.75, 3.05) is 7.11 Å². The zero-order valence-corrected chi connectivity index (χ0v) is 13.2. The van der Waals surface area contributed by atoms with Crippen LogP contribution in [0.15, 0.2) is 42.5 Å². The molecular weight excluding hydrogens is 296 g/mol. The van der Waals surface area contributed by atoms with Crippen LogP contribution in [0.2, 0.25) is 5.02 Å². The van der Waals surface area contributed by atoms with Crippen LogP contribution in [0, 0.1) is 11.3 Å². The van der Waals surface area contributed by atoms with Crippen molar-refractivity contribution in [1.29, 1.82) is 5.26 Å². The average molecular weight is 311 g/mol. The maximum Gasteiger partial charge on any atom is 0.120 e. The first-order valence-electron chi connectivity index (χ1n) is 7.06. The molecule has 110 valence electrons. The highest BCUT2D eigenvalue weighted by molar-refractivity contribution is 6.33. The molecular formula is C18H15ClN2O. The number of hydrogen-bond acceptors (Lipinski definition) is 2. The van der Waals surface area contributed by atoms with Gasteiger partial charge in [0.1, 0.15) is 11.8 Å². The molecule has 0 fully saturated rings. The number of halogens is 1. The maximum atomic E-state index is 9.67. The number of ether oxygens (including phenoxy) is 1. The standard InChI is InChI=1S/C18H15ClN2O/c1-3-21-17-10-12(22-2)8-9-13(17)15(11-20)18(21)14-6-4-5-7-16(14)19/h4-10H,3H2,1-2H3. The predicted octanol–water partition coefficient (Wildman–Crippen LogP) is 4.86. The predicted molar refractivity (Wildman–Crippen MR) is 89.3 cm³/mol. The molecule has 0 saturated carbocycles. The minimum Gasteiger partial charge on any atom is -0.497 e. The van der Waals surface area contributed by atoms with Crippen molar-refractivity contribution < 1.29 is 4.74 Å². The Hall–Kier alpha value is -2.44. The lowest BCUT2D eigenvalue weighted by molar-refractivity contribution is 0.415. The summed E-state index contributed by atoms with van der Waals surface area (Å²) in [7, 11) is 1.64. The summed E-state index contributed by atoms with van der Waals surface area (Å²) in [5.74, 6) is 0.773. The molecule has 0 aliphatic carbocycles. The van der Waals surface area contributed by atoms with E-state index < -0.39 is 0 Å². The Morgan fingerprint density at radius 2 is 2.00 bits per heavy atom. The molecule has 0 unspecified atom stereocenters. The molecule has 0 radical (unpaired) electrons. The molecule has 3 rings (SSSR count). The number of nitrogens with zero attached hydrogens (tertiary/aromatic N) is 2. The third-order valence-electron chi connectivity index (χ3n) is 3.83. The second-order valence-corrected chi connectivity index (χ2v) is 5.35. The van der Waals surface area contributed by atoms with Crippen LogP contribution in [0.25, 0.3) is 22.2 Å². The molecule has 3 nitrogen and oxygen atoms in total. The van der Waals surface area contributed by atoms with Gasteiger partial charge in [-0.25, -0.2) is 0 Å². The van der Waals surface area contributed by atoms with Crippen LogP contribution in [0.4, 0.5) is 0 Å². The first-order valence-corrected chi connectivity index (χ1v) is 7.44. The summed E-state index contributed by atoms with van der Waals surface area (Å²) in [6.45, 7) is 2.80. The van der Waals surface area contributed by atoms with Gasteiger partial charge in [-0.05, 0) is 25.1 Å². The molecule has 22 heavy (non-hydrogen) atoms. The van der Waals surface area contributed by atoms with E-state index in [0.717, 1.165) is 34.5 Å². The summed E-state index contributed by atoms with van der Waals surface area (Å²) in [6, 6.07) is 15.7. The number of hydrogen-bond donors (Lipinski definition) is 0. The van der Waals surface area contributed by atoms with Gasteiger partial charge in [0.2, 0.25) is 0 Å². The van der Waals surface area contributed by atoms with Crippen LogP contribution >= 0.6 is 11.6 Å². The van der Waals surface area contributed by atoms with E-state index in [1.165, 1.54) is 0 Å². The number of aryl methyl sites for hydroxylation is 1. The van der Waals surface area contributed by atoms with Gasteiger partial charge in [0.25, 0.3) is 0 Å². The van der Waals surface area contributed by atoms with Gasteiger partial charge >= 0.3 is 0 Å². The Morgan fingerprint density at radius 1 is 1.23 bits per heavy atom. The van der Waals surface area contributed by atoms with Crippen molar-refractivity contribution in [3.63, 3.8) is 0 Å². The molecule has 4 heteroatoms. The van der Waals surface area contributed by atoms with Crippen LogP contribution < -0.4 is 4.74 Å². The quantitative estimate of drug-likeness (QED) is 0.692. The van der Waals surface area contributed by atoms with Crippen molar-refractivity contribution >= 4 is 22.5 Å². The van der Waals surface area contributed by atoms with Crippen LogP contribution in [0.3, 0.4) is 0 Å². The number of fused-ring (bicyclic) bond motifs is 1. The molecule has 1 heterocycles. The lowest BCUT2D eigenvalue weighted by atomic mass is 10.1. The van der Waals surface area contributed by atoms with E-state index in [2.05, 4.69) is 17.6 Å². The lowest BCUT2D eigenvalue weighted by Crippen LogP contribution is -1.98. The highest BCUT2D eigenvalue weighted by Gasteiger charge is 2.19. The van der Waals surface area contributed by atoms with Crippen LogP contribution in [-0.4, -0.2) is 11.7 Å². The maximum absolute atomic E-state index is 9.67. The minimum atomic E-state index is 0.642. The first kappa shape index (κ1) is 14.5. The van der Waals surface area contributed by atoms with Crippen molar-refractivity contribution in [3.05, 3.63) is 53.1 Å². The summed E-state index contributed by atoms with van der Waals surface area (Å²) >= 11 is 6.36. The van der Waals surface area contributed by atoms with Gasteiger partial charge in [-0.15, -0.1) is 0 Å². The van der Waals surface area contributed by atoms with E-state index in [4.69, 9.17) is 16.3 Å². The van der Waals surface area contributed by atoms with Crippen molar-refractivity contribution in [2.24, 2.45) is 0 Å². The Morgan fingerprint density at radius 3 is 2.64 bits per heavy atom. The zero-order valence-electron chi connectivity index (χ0n) is 12.4. The number of benzene rings is 2. The molecule has 0 spiro atoms. The second kappa shape index (κ2) is 5.75. The van der Waals surface area contributed by atoms with Gasteiger partial charge in [0, 0.05) is 28.6 Å². The van der Waals surface area contributed by atoms with Gasteiger partial charge in [-0.1, -0.05) is 29.8 Å². The molecule has 0 atom stereocenters. The van der Waals surface area contributed by atoms with E-state index in [-0.39, 0.29) is 0 Å². The molecule has 0 aliphatic heterocycles. The fourth-order valence-corrected chi connectivity index (χ4v) is 3.06. The Balaban J connectivity index is 2.44. The summed E-state index contributed by atoms with van der Waals surface area (Å²) in [4.78, 5) is 0. The van der Waals surface area contributed by atoms with Gasteiger partial charge in [-0.2, -0.15) is 5.26 Å². The first-order chi connectivity index (χ1) is 10.7. The van der Waals surface area contributed by atoms with E-state index in [1.807, 2.05) is 42.5 Å². The van der Waals surface area contributed by atoms with Gasteiger partial charge in [0.15, 0.2) is 0 Å². The van der Waals surface area contributed by atoms with Gasteiger partial charge in [0.05, 0.1) is 23.9 Å². The largest absolute Gasteiger partial charge is 0.497 e. The van der Waals surface area contributed by atoms with E-state index in [0.29, 0.717) is 10.6 Å². The minimum absolute atomic E-state index is 0.642. The summed E-state index contributed by atoms with van der Waals surface area (Å²) in [6.07, 6.45) is 0. The van der Waals surface area contributed by atoms with Crippen molar-refractivity contribution in [3.8, 4) is 23.1 Å². The topological polar surface area (TPSA) is 38.0 Å². The molecule has 0 amide bonds. The second-order valence-electron chi connectivity index (χ2n) is 4.94. The summed E-state index contributed by atoms with van der Waals surface area (Å²) in [5.41, 5.74) is 3.36. The van der Waals surface area contributed by atoms with Gasteiger partial charge in [-0.3, -0.25) is 0 Å². The molecule has 0 N–H and O–H groups in total. The SMILES string of the molecule is CCn1c(-c2ccccc2Cl)c(C#N)c2ccc(OC)cc21. The number of methoxy groups -OCH3 is 1. The van der Waals surface area contributed by atoms with Crippen LogP contribution in [0.1, 0.15) is 12.5 Å². The number of nitriles is 1. The summed E-state index contributed by atoms with van der Waals surface area (Å²) < 4.78 is 7.42. The molecule has 1 aromatic heterocycles. The Kier molecular flexibility index (Phi) is 3.79. The van der Waals surface area contributed by atoms with E-state index in [1.54, 1.807) is 7.11 Å². The van der Waals surface area contributed by atoms with E-state index in [9.17, 15) is 5.26 Å². The Bertz CT molecular complexity index is 890. The average Bonchev–Trinajstić information content (AvgIpc) is 2.87.